The average Bonchev–Trinajstić information content (AvgIpc) is 2.90. The first-order valence-electron chi connectivity index (χ1n) is 6.84. The number of H-pyrrole nitrogens is 1. The number of rotatable bonds is 2. The van der Waals surface area contributed by atoms with Gasteiger partial charge >= 0.3 is 0 Å². The molecule has 4 heteroatoms. The predicted molar refractivity (Wildman–Crippen MR) is 79.2 cm³/mol. The third-order valence-corrected chi connectivity index (χ3v) is 4.19. The first kappa shape index (κ1) is 11.5. The van der Waals surface area contributed by atoms with E-state index in [1.165, 1.54) is 0 Å². The van der Waals surface area contributed by atoms with Gasteiger partial charge in [0.05, 0.1) is 11.3 Å². The Morgan fingerprint density at radius 2 is 2.10 bits per heavy atom. The number of hydrazone groups is 1. The second-order valence-electron chi connectivity index (χ2n) is 5.83. The largest absolute Gasteiger partial charge is 0.355 e. The Bertz CT molecular complexity index is 745. The van der Waals surface area contributed by atoms with Gasteiger partial charge in [-0.15, -0.1) is 0 Å². The van der Waals surface area contributed by atoms with E-state index in [1.807, 2.05) is 24.3 Å². The van der Waals surface area contributed by atoms with Crippen LogP contribution in [0.2, 0.25) is 0 Å². The van der Waals surface area contributed by atoms with Gasteiger partial charge in [0.2, 0.25) is 0 Å². The number of nitrogens with one attached hydrogen (secondary N) is 2. The molecule has 2 aromatic rings. The van der Waals surface area contributed by atoms with Gasteiger partial charge in [0.1, 0.15) is 0 Å². The van der Waals surface area contributed by atoms with Crippen LogP contribution in [-0.2, 0) is 4.79 Å². The maximum atomic E-state index is 12.0. The van der Waals surface area contributed by atoms with Crippen LogP contribution in [0.4, 0.5) is 0 Å². The highest BCUT2D eigenvalue weighted by Gasteiger charge is 2.47. The number of hydrogen-bond acceptors (Lipinski definition) is 2. The molecule has 0 spiro atoms. The van der Waals surface area contributed by atoms with Crippen molar-refractivity contribution < 1.29 is 4.79 Å². The molecule has 1 aromatic carbocycles. The van der Waals surface area contributed by atoms with Gasteiger partial charge in [-0.1, -0.05) is 25.1 Å². The summed E-state index contributed by atoms with van der Waals surface area (Å²) in [5.41, 5.74) is 6.28. The highest BCUT2D eigenvalue weighted by Crippen LogP contribution is 2.49. The van der Waals surface area contributed by atoms with Gasteiger partial charge < -0.3 is 4.98 Å². The third-order valence-electron chi connectivity index (χ3n) is 4.19. The van der Waals surface area contributed by atoms with Crippen LogP contribution in [0.3, 0.4) is 0 Å². The summed E-state index contributed by atoms with van der Waals surface area (Å²) >= 11 is 0. The van der Waals surface area contributed by atoms with Crippen LogP contribution in [0.1, 0.15) is 25.5 Å². The smallest absolute Gasteiger partial charge is 0.273 e. The second-order valence-corrected chi connectivity index (χ2v) is 5.83. The molecular weight excluding hydrogens is 250 g/mol. The molecule has 4 rings (SSSR count). The molecule has 100 valence electrons. The zero-order valence-electron chi connectivity index (χ0n) is 11.2. The number of carbonyl (C=O) groups excluding carboxylic acids is 1. The Hall–Kier alpha value is -2.36. The maximum Gasteiger partial charge on any atom is 0.273 e. The topological polar surface area (TPSA) is 57.2 Å². The average molecular weight is 265 g/mol. The zero-order valence-corrected chi connectivity index (χ0v) is 11.2. The van der Waals surface area contributed by atoms with Gasteiger partial charge in [0, 0.05) is 16.6 Å². The molecule has 0 atom stereocenters. The Kier molecular flexibility index (Phi) is 2.19. The minimum Gasteiger partial charge on any atom is -0.355 e. The Morgan fingerprint density at radius 3 is 2.85 bits per heavy atom. The number of aromatic nitrogens is 1. The molecular formula is C16H15N3O. The molecule has 0 saturated heterocycles. The molecule has 0 radical (unpaired) electrons. The van der Waals surface area contributed by atoms with E-state index >= 15 is 0 Å². The van der Waals surface area contributed by atoms with Crippen LogP contribution in [0.5, 0.6) is 0 Å². The van der Waals surface area contributed by atoms with Gasteiger partial charge in [-0.05, 0) is 36.4 Å². The maximum absolute atomic E-state index is 12.0. The summed E-state index contributed by atoms with van der Waals surface area (Å²) in [7, 11) is 0. The molecule has 1 aromatic heterocycles. The molecule has 1 fully saturated rings. The fraction of sp³-hybridized carbons (Fsp3) is 0.250. The molecule has 1 aliphatic heterocycles. The number of para-hydroxylation sites is 1. The van der Waals surface area contributed by atoms with Crippen molar-refractivity contribution in [1.82, 2.24) is 10.4 Å². The number of benzene rings is 1. The summed E-state index contributed by atoms with van der Waals surface area (Å²) in [4.78, 5) is 15.3. The molecule has 20 heavy (non-hydrogen) atoms. The molecule has 4 nitrogen and oxygen atoms in total. The van der Waals surface area contributed by atoms with Gasteiger partial charge in [0.25, 0.3) is 5.91 Å². The first-order valence-corrected chi connectivity index (χ1v) is 6.84. The fourth-order valence-corrected chi connectivity index (χ4v) is 2.68. The third kappa shape index (κ3) is 1.68. The van der Waals surface area contributed by atoms with Crippen molar-refractivity contribution in [3.05, 3.63) is 41.6 Å². The molecule has 1 amide bonds. The minimum absolute atomic E-state index is 0.0804. The summed E-state index contributed by atoms with van der Waals surface area (Å²) in [5, 5.41) is 5.36. The number of aromatic amines is 1. The van der Waals surface area contributed by atoms with Crippen LogP contribution in [0, 0.1) is 5.41 Å². The second kappa shape index (κ2) is 3.82. The quantitative estimate of drug-likeness (QED) is 0.806. The molecule has 2 aliphatic rings. The molecule has 2 heterocycles. The van der Waals surface area contributed by atoms with E-state index in [4.69, 9.17) is 0 Å². The lowest BCUT2D eigenvalue weighted by molar-refractivity contribution is -0.116. The lowest BCUT2D eigenvalue weighted by atomic mass is 9.95. The van der Waals surface area contributed by atoms with E-state index in [0.717, 1.165) is 35.2 Å². The normalized spacial score (nSPS) is 22.1. The Balaban J connectivity index is 1.78. The van der Waals surface area contributed by atoms with Crippen LogP contribution < -0.4 is 5.43 Å². The summed E-state index contributed by atoms with van der Waals surface area (Å²) in [5.74, 6) is -0.105. The SMILES string of the molecule is CC1(C2=NNC(=O)/C2=C/c2cc3ccccc3[nH]2)CC1. The van der Waals surface area contributed by atoms with Crippen molar-refractivity contribution in [2.45, 2.75) is 19.8 Å². The lowest BCUT2D eigenvalue weighted by Crippen LogP contribution is -2.17. The van der Waals surface area contributed by atoms with Crippen LogP contribution >= 0.6 is 0 Å². The Morgan fingerprint density at radius 1 is 1.30 bits per heavy atom. The van der Waals surface area contributed by atoms with Gasteiger partial charge in [-0.25, -0.2) is 5.43 Å². The van der Waals surface area contributed by atoms with E-state index in [9.17, 15) is 4.79 Å². The van der Waals surface area contributed by atoms with Crippen LogP contribution in [-0.4, -0.2) is 16.6 Å². The molecule has 0 bridgehead atoms. The first-order chi connectivity index (χ1) is 9.66. The number of amides is 1. The lowest BCUT2D eigenvalue weighted by Gasteiger charge is -2.07. The molecule has 2 N–H and O–H groups in total. The fourth-order valence-electron chi connectivity index (χ4n) is 2.68. The van der Waals surface area contributed by atoms with E-state index in [2.05, 4.69) is 34.6 Å². The predicted octanol–water partition coefficient (Wildman–Crippen LogP) is 2.84. The summed E-state index contributed by atoms with van der Waals surface area (Å²) in [6.45, 7) is 2.16. The number of fused-ring (bicyclic) bond motifs is 1. The van der Waals surface area contributed by atoms with E-state index in [1.54, 1.807) is 0 Å². The molecule has 1 aliphatic carbocycles. The number of nitrogens with zero attached hydrogens (tertiary/aromatic N) is 1. The summed E-state index contributed by atoms with van der Waals surface area (Å²) in [6, 6.07) is 10.1. The van der Waals surface area contributed by atoms with Gasteiger partial charge in [0.15, 0.2) is 0 Å². The summed E-state index contributed by atoms with van der Waals surface area (Å²) < 4.78 is 0. The van der Waals surface area contributed by atoms with E-state index in [0.29, 0.717) is 5.57 Å². The number of carbonyl (C=O) groups is 1. The monoisotopic (exact) mass is 265 g/mol. The Labute approximate surface area is 116 Å². The van der Waals surface area contributed by atoms with Gasteiger partial charge in [-0.3, -0.25) is 4.79 Å². The van der Waals surface area contributed by atoms with E-state index < -0.39 is 0 Å². The summed E-state index contributed by atoms with van der Waals surface area (Å²) in [6.07, 6.45) is 4.11. The number of hydrogen-bond donors (Lipinski definition) is 2. The molecule has 1 saturated carbocycles. The van der Waals surface area contributed by atoms with Gasteiger partial charge in [-0.2, -0.15) is 5.10 Å². The van der Waals surface area contributed by atoms with E-state index in [-0.39, 0.29) is 11.3 Å². The van der Waals surface area contributed by atoms with Crippen LogP contribution in [0.25, 0.3) is 17.0 Å². The van der Waals surface area contributed by atoms with Crippen molar-refractivity contribution in [1.29, 1.82) is 0 Å². The highest BCUT2D eigenvalue weighted by molar-refractivity contribution is 6.29. The standard InChI is InChI=1S/C16H15N3O/c1-16(6-7-16)14-12(15(20)19-18-14)9-11-8-10-4-2-3-5-13(10)17-11/h2-5,8-9,17H,6-7H2,1H3,(H,19,20)/b12-9+. The van der Waals surface area contributed by atoms with Crippen molar-refractivity contribution >= 4 is 28.6 Å². The van der Waals surface area contributed by atoms with Crippen LogP contribution in [0.15, 0.2) is 41.0 Å². The van der Waals surface area contributed by atoms with Crippen molar-refractivity contribution in [2.24, 2.45) is 10.5 Å². The van der Waals surface area contributed by atoms with Crippen molar-refractivity contribution in [3.8, 4) is 0 Å². The van der Waals surface area contributed by atoms with Crippen molar-refractivity contribution in [3.63, 3.8) is 0 Å². The minimum atomic E-state index is -0.105. The molecule has 0 unspecified atom stereocenters. The highest BCUT2D eigenvalue weighted by atomic mass is 16.2. The zero-order chi connectivity index (χ0) is 13.7. The van der Waals surface area contributed by atoms with Crippen molar-refractivity contribution in [2.75, 3.05) is 0 Å².